The maximum absolute atomic E-state index is 11.4. The molecule has 1 amide bonds. The van der Waals surface area contributed by atoms with Crippen LogP contribution in [0.4, 0.5) is 0 Å². The van der Waals surface area contributed by atoms with E-state index in [1.54, 1.807) is 0 Å². The Bertz CT molecular complexity index is 626. The summed E-state index contributed by atoms with van der Waals surface area (Å²) in [5, 5.41) is 1.09. The van der Waals surface area contributed by atoms with Crippen LogP contribution in [0.3, 0.4) is 0 Å². The number of nitrogens with two attached hydrogens (primary N) is 1. The zero-order valence-corrected chi connectivity index (χ0v) is 10.1. The molecular formula is C14H14N2O2. The quantitative estimate of drug-likeness (QED) is 0.888. The lowest BCUT2D eigenvalue weighted by Gasteiger charge is -2.11. The van der Waals surface area contributed by atoms with Gasteiger partial charge in [-0.15, -0.1) is 0 Å². The normalized spacial score (nSPS) is 26.2. The Balaban J connectivity index is 2.00. The highest BCUT2D eigenvalue weighted by atomic mass is 16.5. The van der Waals surface area contributed by atoms with Crippen LogP contribution in [0.1, 0.15) is 18.0 Å². The van der Waals surface area contributed by atoms with Crippen LogP contribution in [0.15, 0.2) is 36.4 Å². The second-order valence-corrected chi connectivity index (χ2v) is 4.64. The summed E-state index contributed by atoms with van der Waals surface area (Å²) in [5.74, 6) is -0.436. The number of pyridine rings is 1. The summed E-state index contributed by atoms with van der Waals surface area (Å²) in [6.07, 6.45) is 0.615. The van der Waals surface area contributed by atoms with Crippen LogP contribution >= 0.6 is 0 Å². The number of methoxy groups -OCH3 is 1. The number of primary amides is 1. The van der Waals surface area contributed by atoms with E-state index in [4.69, 9.17) is 10.5 Å². The van der Waals surface area contributed by atoms with Gasteiger partial charge in [0.25, 0.3) is 0 Å². The third-order valence-electron chi connectivity index (χ3n) is 3.67. The van der Waals surface area contributed by atoms with Gasteiger partial charge in [0, 0.05) is 24.1 Å². The van der Waals surface area contributed by atoms with Crippen LogP contribution in [0.5, 0.6) is 0 Å². The predicted octanol–water partition coefficient (Wildman–Crippen LogP) is 1.59. The Morgan fingerprint density at radius 2 is 2.17 bits per heavy atom. The number of aromatic nitrogens is 1. The summed E-state index contributed by atoms with van der Waals surface area (Å²) >= 11 is 0. The summed E-state index contributed by atoms with van der Waals surface area (Å²) in [7, 11) is 1.52. The molecule has 0 bridgehead atoms. The van der Waals surface area contributed by atoms with Crippen molar-refractivity contribution in [2.24, 2.45) is 5.73 Å². The van der Waals surface area contributed by atoms with E-state index in [1.165, 1.54) is 7.11 Å². The molecule has 1 aliphatic rings. The first-order chi connectivity index (χ1) is 8.67. The molecule has 0 saturated heterocycles. The van der Waals surface area contributed by atoms with E-state index < -0.39 is 11.5 Å². The Hall–Kier alpha value is -1.94. The van der Waals surface area contributed by atoms with Crippen molar-refractivity contribution >= 4 is 16.8 Å². The molecule has 2 atom stereocenters. The lowest BCUT2D eigenvalue weighted by molar-refractivity contribution is -0.130. The molecule has 2 aromatic rings. The highest BCUT2D eigenvalue weighted by Gasteiger charge is 2.61. The second kappa shape index (κ2) is 3.78. The minimum atomic E-state index is -0.852. The van der Waals surface area contributed by atoms with Crippen molar-refractivity contribution in [3.63, 3.8) is 0 Å². The zero-order chi connectivity index (χ0) is 12.8. The van der Waals surface area contributed by atoms with Crippen LogP contribution in [0.25, 0.3) is 10.9 Å². The first kappa shape index (κ1) is 11.2. The molecule has 0 spiro atoms. The number of ether oxygens (including phenoxy) is 1. The van der Waals surface area contributed by atoms with Crippen molar-refractivity contribution in [3.05, 3.63) is 42.1 Å². The number of carbonyl (C=O) groups is 1. The van der Waals surface area contributed by atoms with Crippen LogP contribution in [0, 0.1) is 0 Å². The zero-order valence-electron chi connectivity index (χ0n) is 10.1. The molecule has 3 rings (SSSR count). The Labute approximate surface area is 105 Å². The highest BCUT2D eigenvalue weighted by Crippen LogP contribution is 2.53. The Kier molecular flexibility index (Phi) is 2.35. The number of para-hydroxylation sites is 1. The molecule has 1 saturated carbocycles. The first-order valence-corrected chi connectivity index (χ1v) is 5.88. The molecule has 0 radical (unpaired) electrons. The molecule has 92 valence electrons. The van der Waals surface area contributed by atoms with Gasteiger partial charge in [-0.05, 0) is 18.6 Å². The molecule has 2 unspecified atom stereocenters. The molecule has 1 heterocycles. The van der Waals surface area contributed by atoms with Gasteiger partial charge >= 0.3 is 0 Å². The lowest BCUT2D eigenvalue weighted by atomic mass is 10.1. The lowest BCUT2D eigenvalue weighted by Crippen LogP contribution is -2.34. The van der Waals surface area contributed by atoms with Gasteiger partial charge in [-0.1, -0.05) is 24.3 Å². The molecule has 1 fully saturated rings. The van der Waals surface area contributed by atoms with Gasteiger partial charge in [0.1, 0.15) is 0 Å². The van der Waals surface area contributed by atoms with Crippen molar-refractivity contribution in [1.82, 2.24) is 4.98 Å². The van der Waals surface area contributed by atoms with Crippen molar-refractivity contribution in [1.29, 1.82) is 0 Å². The fourth-order valence-electron chi connectivity index (χ4n) is 2.46. The average Bonchev–Trinajstić information content (AvgIpc) is 3.14. The van der Waals surface area contributed by atoms with E-state index in [0.717, 1.165) is 16.6 Å². The molecule has 1 aromatic heterocycles. The summed E-state index contributed by atoms with van der Waals surface area (Å²) < 4.78 is 5.27. The smallest absolute Gasteiger partial charge is 0.250 e. The maximum Gasteiger partial charge on any atom is 0.250 e. The van der Waals surface area contributed by atoms with Gasteiger partial charge in [0.15, 0.2) is 5.60 Å². The number of hydrogen-bond acceptors (Lipinski definition) is 3. The monoisotopic (exact) mass is 242 g/mol. The van der Waals surface area contributed by atoms with E-state index in [9.17, 15) is 4.79 Å². The van der Waals surface area contributed by atoms with Gasteiger partial charge in [0.2, 0.25) is 5.91 Å². The minimum Gasteiger partial charge on any atom is -0.368 e. The van der Waals surface area contributed by atoms with Crippen LogP contribution in [-0.2, 0) is 9.53 Å². The number of hydrogen-bond donors (Lipinski definition) is 1. The van der Waals surface area contributed by atoms with Gasteiger partial charge in [-0.25, -0.2) is 0 Å². The standard InChI is InChI=1S/C14H14N2O2/c1-18-14(13(15)17)8-10(14)12-7-6-9-4-2-3-5-11(9)16-12/h2-7,10H,8H2,1H3,(H2,15,17). The molecule has 4 heteroatoms. The summed E-state index contributed by atoms with van der Waals surface area (Å²) in [4.78, 5) is 16.0. The fraction of sp³-hybridized carbons (Fsp3) is 0.286. The molecule has 18 heavy (non-hydrogen) atoms. The third-order valence-corrected chi connectivity index (χ3v) is 3.67. The minimum absolute atomic E-state index is 0.0235. The van der Waals surface area contributed by atoms with Crippen LogP contribution in [0.2, 0.25) is 0 Å². The second-order valence-electron chi connectivity index (χ2n) is 4.64. The van der Waals surface area contributed by atoms with Crippen molar-refractivity contribution in [2.45, 2.75) is 17.9 Å². The number of carbonyl (C=O) groups excluding carboxylic acids is 1. The number of benzene rings is 1. The van der Waals surface area contributed by atoms with Crippen LogP contribution in [-0.4, -0.2) is 23.6 Å². The predicted molar refractivity (Wildman–Crippen MR) is 68.0 cm³/mol. The Morgan fingerprint density at radius 1 is 1.39 bits per heavy atom. The van der Waals surface area contributed by atoms with E-state index in [0.29, 0.717) is 6.42 Å². The summed E-state index contributed by atoms with van der Waals surface area (Å²) in [6, 6.07) is 11.8. The largest absolute Gasteiger partial charge is 0.368 e. The number of nitrogens with zero attached hydrogens (tertiary/aromatic N) is 1. The topological polar surface area (TPSA) is 65.2 Å². The fourth-order valence-corrected chi connectivity index (χ4v) is 2.46. The van der Waals surface area contributed by atoms with Gasteiger partial charge in [0.05, 0.1) is 5.52 Å². The van der Waals surface area contributed by atoms with Gasteiger partial charge in [-0.3, -0.25) is 9.78 Å². The summed E-state index contributed by atoms with van der Waals surface area (Å²) in [5.41, 5.74) is 6.34. The van der Waals surface area contributed by atoms with E-state index >= 15 is 0 Å². The molecule has 1 aliphatic carbocycles. The van der Waals surface area contributed by atoms with Gasteiger partial charge in [-0.2, -0.15) is 0 Å². The number of rotatable bonds is 3. The van der Waals surface area contributed by atoms with E-state index in [2.05, 4.69) is 4.98 Å². The number of fused-ring (bicyclic) bond motifs is 1. The van der Waals surface area contributed by atoms with E-state index in [-0.39, 0.29) is 5.92 Å². The molecule has 1 aromatic carbocycles. The van der Waals surface area contributed by atoms with Gasteiger partial charge < -0.3 is 10.5 Å². The van der Waals surface area contributed by atoms with Crippen molar-refractivity contribution < 1.29 is 9.53 Å². The average molecular weight is 242 g/mol. The first-order valence-electron chi connectivity index (χ1n) is 5.88. The molecular weight excluding hydrogens is 228 g/mol. The molecule has 4 nitrogen and oxygen atoms in total. The summed E-state index contributed by atoms with van der Waals surface area (Å²) in [6.45, 7) is 0. The van der Waals surface area contributed by atoms with Crippen LogP contribution < -0.4 is 5.73 Å². The molecule has 2 N–H and O–H groups in total. The maximum atomic E-state index is 11.4. The number of amides is 1. The highest BCUT2D eigenvalue weighted by molar-refractivity contribution is 5.89. The van der Waals surface area contributed by atoms with Crippen molar-refractivity contribution in [2.75, 3.05) is 7.11 Å². The Morgan fingerprint density at radius 3 is 2.83 bits per heavy atom. The third kappa shape index (κ3) is 1.49. The van der Waals surface area contributed by atoms with Crippen molar-refractivity contribution in [3.8, 4) is 0 Å². The SMILES string of the molecule is COC1(C(N)=O)CC1c1ccc2ccccc2n1. The van der Waals surface area contributed by atoms with E-state index in [1.807, 2.05) is 36.4 Å². The molecule has 0 aliphatic heterocycles.